The summed E-state index contributed by atoms with van der Waals surface area (Å²) < 4.78 is 77.3. The molecule has 0 bridgehead atoms. The first-order chi connectivity index (χ1) is 22.5. The van der Waals surface area contributed by atoms with Gasteiger partial charge in [0.05, 0.1) is 29.6 Å². The van der Waals surface area contributed by atoms with Crippen LogP contribution in [0.5, 0.6) is 11.5 Å². The highest BCUT2D eigenvalue weighted by molar-refractivity contribution is 7.85. The quantitative estimate of drug-likeness (QED) is 0.0822. The van der Waals surface area contributed by atoms with Gasteiger partial charge < -0.3 is 24.7 Å². The third kappa shape index (κ3) is 13.5. The number of hydrogen-bond acceptors (Lipinski definition) is 12. The van der Waals surface area contributed by atoms with Gasteiger partial charge in [0.1, 0.15) is 35.6 Å². The number of benzene rings is 3. The van der Waals surface area contributed by atoms with Crippen LogP contribution in [0.4, 0.5) is 15.9 Å². The van der Waals surface area contributed by atoms with Crippen LogP contribution in [0.3, 0.4) is 0 Å². The number of nitrogens with zero attached hydrogens (tertiary/aromatic N) is 2. The Morgan fingerprint density at radius 3 is 2.27 bits per heavy atom. The van der Waals surface area contributed by atoms with Crippen LogP contribution in [0.25, 0.3) is 22.2 Å². The summed E-state index contributed by atoms with van der Waals surface area (Å²) in [5.74, 6) is 1.79. The van der Waals surface area contributed by atoms with Crippen molar-refractivity contribution in [1.82, 2.24) is 15.3 Å². The fourth-order valence-electron chi connectivity index (χ4n) is 3.82. The van der Waals surface area contributed by atoms with E-state index >= 15 is 0 Å². The van der Waals surface area contributed by atoms with Crippen LogP contribution in [0.15, 0.2) is 83.5 Å². The molecule has 1 atom stereocenters. The molecule has 0 aliphatic rings. The van der Waals surface area contributed by atoms with E-state index in [1.807, 2.05) is 30.3 Å². The maximum atomic E-state index is 14.0. The van der Waals surface area contributed by atoms with Gasteiger partial charge in [0, 0.05) is 29.7 Å². The molecule has 18 heteroatoms. The Labute approximate surface area is 280 Å². The SMILES string of the molecule is CS(=O)(=O)O.CS(=O)(=O)O.OCCC(O)NCc1ccc(-c2ccc3ncnc(Nc4ccc(Oc5ccccc5F)c(Cl)c4)c3c2)o1. The van der Waals surface area contributed by atoms with Gasteiger partial charge in [0.25, 0.3) is 20.2 Å². The molecule has 0 fully saturated rings. The Hall–Kier alpha value is -4.20. The molecule has 14 nitrogen and oxygen atoms in total. The summed E-state index contributed by atoms with van der Waals surface area (Å²) in [6, 6.07) is 20.6. The molecule has 6 N–H and O–H groups in total. The largest absolute Gasteiger partial charge is 0.460 e. The summed E-state index contributed by atoms with van der Waals surface area (Å²) >= 11 is 6.42. The Morgan fingerprint density at radius 1 is 0.938 bits per heavy atom. The van der Waals surface area contributed by atoms with Gasteiger partial charge in [-0.3, -0.25) is 14.4 Å². The average molecular weight is 727 g/mol. The molecule has 5 rings (SSSR count). The lowest BCUT2D eigenvalue weighted by atomic mass is 10.1. The highest BCUT2D eigenvalue weighted by Gasteiger charge is 2.12. The van der Waals surface area contributed by atoms with Gasteiger partial charge in [0.2, 0.25) is 0 Å². The molecule has 0 amide bonds. The number of nitrogens with one attached hydrogen (secondary N) is 2. The molecule has 0 saturated heterocycles. The zero-order valence-corrected chi connectivity index (χ0v) is 27.8. The fraction of sp³-hybridized carbons (Fsp3) is 0.200. The fourth-order valence-corrected chi connectivity index (χ4v) is 4.04. The molecule has 5 aromatic rings. The zero-order chi connectivity index (χ0) is 35.5. The monoisotopic (exact) mass is 726 g/mol. The van der Waals surface area contributed by atoms with Gasteiger partial charge in [-0.1, -0.05) is 23.7 Å². The number of furan rings is 1. The number of fused-ring (bicyclic) bond motifs is 1. The van der Waals surface area contributed by atoms with Crippen molar-refractivity contribution in [3.63, 3.8) is 0 Å². The van der Waals surface area contributed by atoms with E-state index < -0.39 is 32.3 Å². The second-order valence-corrected chi connectivity index (χ2v) is 13.2. The van der Waals surface area contributed by atoms with Crippen molar-refractivity contribution in [2.45, 2.75) is 19.2 Å². The lowest BCUT2D eigenvalue weighted by Gasteiger charge is -2.12. The number of para-hydroxylation sites is 1. The summed E-state index contributed by atoms with van der Waals surface area (Å²) in [5.41, 5.74) is 2.22. The summed E-state index contributed by atoms with van der Waals surface area (Å²) in [5, 5.41) is 25.9. The van der Waals surface area contributed by atoms with Crippen LogP contribution in [-0.2, 0) is 26.8 Å². The highest BCUT2D eigenvalue weighted by Crippen LogP contribution is 2.35. The number of aromatic nitrogens is 2. The lowest BCUT2D eigenvalue weighted by molar-refractivity contribution is 0.0991. The smallest absolute Gasteiger partial charge is 0.261 e. The maximum Gasteiger partial charge on any atom is 0.261 e. The van der Waals surface area contributed by atoms with Crippen LogP contribution in [0, 0.1) is 5.82 Å². The first kappa shape index (κ1) is 38.2. The van der Waals surface area contributed by atoms with Crippen molar-refractivity contribution in [2.24, 2.45) is 0 Å². The maximum absolute atomic E-state index is 14.0. The van der Waals surface area contributed by atoms with E-state index in [0.717, 1.165) is 16.5 Å². The van der Waals surface area contributed by atoms with Gasteiger partial charge in [-0.15, -0.1) is 0 Å². The van der Waals surface area contributed by atoms with Gasteiger partial charge in [-0.2, -0.15) is 16.8 Å². The third-order valence-electron chi connectivity index (χ3n) is 5.75. The van der Waals surface area contributed by atoms with Gasteiger partial charge in [-0.05, 0) is 60.7 Å². The third-order valence-corrected chi connectivity index (χ3v) is 6.04. The van der Waals surface area contributed by atoms with Gasteiger partial charge in [0.15, 0.2) is 11.6 Å². The predicted molar refractivity (Wildman–Crippen MR) is 178 cm³/mol. The summed E-state index contributed by atoms with van der Waals surface area (Å²) in [6.45, 7) is 0.215. The number of halogens is 2. The minimum Gasteiger partial charge on any atom is -0.460 e. The van der Waals surface area contributed by atoms with Crippen LogP contribution in [0.1, 0.15) is 12.2 Å². The molecule has 1 unspecified atom stereocenters. The molecule has 3 aromatic carbocycles. The summed E-state index contributed by atoms with van der Waals surface area (Å²) in [4.78, 5) is 8.76. The van der Waals surface area contributed by atoms with Crippen LogP contribution < -0.4 is 15.4 Å². The lowest BCUT2D eigenvalue weighted by Crippen LogP contribution is -2.28. The van der Waals surface area contributed by atoms with Gasteiger partial charge >= 0.3 is 0 Å². The number of hydrogen-bond donors (Lipinski definition) is 6. The van der Waals surface area contributed by atoms with Crippen molar-refractivity contribution in [2.75, 3.05) is 24.4 Å². The molecule has 2 aromatic heterocycles. The Balaban J connectivity index is 0.000000548. The predicted octanol–water partition coefficient (Wildman–Crippen LogP) is 5.02. The summed E-state index contributed by atoms with van der Waals surface area (Å²) in [6.07, 6.45) is 2.32. The van der Waals surface area contributed by atoms with Crippen LogP contribution in [-0.4, -0.2) is 71.5 Å². The molecule has 0 saturated carbocycles. The molecule has 0 aliphatic heterocycles. The van der Waals surface area contributed by atoms with E-state index in [4.69, 9.17) is 35.0 Å². The molecule has 0 radical (unpaired) electrons. The number of aliphatic hydroxyl groups excluding tert-OH is 2. The molecule has 0 aliphatic carbocycles. The minimum atomic E-state index is -3.67. The average Bonchev–Trinajstić information content (AvgIpc) is 3.46. The Morgan fingerprint density at radius 2 is 1.62 bits per heavy atom. The van der Waals surface area contributed by atoms with E-state index in [2.05, 4.69) is 20.6 Å². The summed E-state index contributed by atoms with van der Waals surface area (Å²) in [7, 11) is -7.33. The van der Waals surface area contributed by atoms with E-state index in [9.17, 15) is 26.3 Å². The second-order valence-electron chi connectivity index (χ2n) is 9.90. The second kappa shape index (κ2) is 17.3. The minimum absolute atomic E-state index is 0.0858. The molecular weight excluding hydrogens is 695 g/mol. The Kier molecular flexibility index (Phi) is 13.8. The van der Waals surface area contributed by atoms with E-state index in [0.29, 0.717) is 52.9 Å². The van der Waals surface area contributed by atoms with Crippen molar-refractivity contribution in [3.8, 4) is 22.8 Å². The first-order valence-corrected chi connectivity index (χ1v) is 17.8. The Bertz CT molecular complexity index is 2000. The normalized spacial score (nSPS) is 11.9. The molecule has 2 heterocycles. The molecule has 0 spiro atoms. The standard InChI is InChI=1S/C28H24ClFN4O4.2CH4O3S/c29-21-14-18(6-9-25(21)38-26-4-2-1-3-22(26)30)34-28-20-13-17(5-8-23(20)32-16-33-28)24-10-7-19(37-24)15-31-27(36)11-12-35;2*1-5(2,3)4/h1-10,13-14,16,27,31,35-36H,11-12,15H2,(H,32,33,34);2*1H3,(H,2,3,4). The van der Waals surface area contributed by atoms with Crippen LogP contribution >= 0.6 is 11.6 Å². The van der Waals surface area contributed by atoms with Crippen molar-refractivity contribution < 1.29 is 49.7 Å². The highest BCUT2D eigenvalue weighted by atomic mass is 35.5. The topological polar surface area (TPSA) is 221 Å². The van der Waals surface area contributed by atoms with Crippen molar-refractivity contribution >= 4 is 54.2 Å². The molecule has 48 heavy (non-hydrogen) atoms. The first-order valence-electron chi connectivity index (χ1n) is 13.7. The molecular formula is C30H32ClFN4O10S2. The molecule has 258 valence electrons. The van der Waals surface area contributed by atoms with Gasteiger partial charge in [-0.25, -0.2) is 14.4 Å². The van der Waals surface area contributed by atoms with Crippen molar-refractivity contribution in [3.05, 3.63) is 95.7 Å². The number of rotatable bonds is 10. The number of ether oxygens (including phenoxy) is 1. The number of aliphatic hydroxyl groups is 2. The van der Waals surface area contributed by atoms with E-state index in [1.165, 1.54) is 18.5 Å². The van der Waals surface area contributed by atoms with E-state index in [-0.39, 0.29) is 18.8 Å². The van der Waals surface area contributed by atoms with Crippen molar-refractivity contribution in [1.29, 1.82) is 0 Å². The van der Waals surface area contributed by atoms with Crippen LogP contribution in [0.2, 0.25) is 5.02 Å². The van der Waals surface area contributed by atoms with E-state index in [1.54, 1.807) is 30.3 Å². The number of anilines is 2. The zero-order valence-electron chi connectivity index (χ0n) is 25.4.